The van der Waals surface area contributed by atoms with Gasteiger partial charge in [0.15, 0.2) is 0 Å². The molecule has 0 aliphatic carbocycles. The van der Waals surface area contributed by atoms with Crippen LogP contribution in [0.2, 0.25) is 0 Å². The van der Waals surface area contributed by atoms with Gasteiger partial charge in [-0.05, 0) is 43.2 Å². The van der Waals surface area contributed by atoms with Crippen molar-refractivity contribution in [2.45, 2.75) is 31.2 Å². The number of sulfonamides is 1. The van der Waals surface area contributed by atoms with E-state index in [4.69, 9.17) is 0 Å². The van der Waals surface area contributed by atoms with Crippen molar-refractivity contribution in [3.8, 4) is 0 Å². The normalized spacial score (nSPS) is 12.2. The second kappa shape index (κ2) is 9.13. The van der Waals surface area contributed by atoms with Crippen LogP contribution in [0.5, 0.6) is 0 Å². The lowest BCUT2D eigenvalue weighted by atomic mass is 10.0. The predicted octanol–water partition coefficient (Wildman–Crippen LogP) is 4.70. The number of carbonyl (C=O) groups is 1. The maximum Gasteiger partial charge on any atom is 0.264 e. The second-order valence-corrected chi connectivity index (χ2v) is 9.12. The Morgan fingerprint density at radius 3 is 2.17 bits per heavy atom. The number of carbonyl (C=O) groups excluding carboxylic acids is 1. The van der Waals surface area contributed by atoms with E-state index < -0.39 is 10.0 Å². The van der Waals surface area contributed by atoms with Crippen molar-refractivity contribution in [1.29, 1.82) is 0 Å². The lowest BCUT2D eigenvalue weighted by molar-refractivity contribution is 0.0936. The van der Waals surface area contributed by atoms with E-state index in [1.165, 1.54) is 7.05 Å². The molecule has 0 heterocycles. The first kappa shape index (κ1) is 21.6. The van der Waals surface area contributed by atoms with Crippen molar-refractivity contribution in [2.24, 2.45) is 0 Å². The zero-order valence-corrected chi connectivity index (χ0v) is 18.2. The monoisotopic (exact) mass is 422 g/mol. The van der Waals surface area contributed by atoms with Gasteiger partial charge in [-0.2, -0.15) is 0 Å². The van der Waals surface area contributed by atoms with Gasteiger partial charge in [0.1, 0.15) is 0 Å². The van der Waals surface area contributed by atoms with Gasteiger partial charge in [0.05, 0.1) is 22.2 Å². The molecule has 3 aromatic rings. The highest BCUT2D eigenvalue weighted by Crippen LogP contribution is 2.27. The van der Waals surface area contributed by atoms with E-state index in [-0.39, 0.29) is 16.8 Å². The quantitative estimate of drug-likeness (QED) is 0.600. The van der Waals surface area contributed by atoms with Gasteiger partial charge in [-0.15, -0.1) is 0 Å². The maximum absolute atomic E-state index is 13.1. The molecule has 0 unspecified atom stereocenters. The fraction of sp³-hybridized carbons (Fsp3) is 0.208. The number of amides is 1. The number of benzene rings is 3. The number of anilines is 1. The van der Waals surface area contributed by atoms with E-state index in [1.54, 1.807) is 54.6 Å². The van der Waals surface area contributed by atoms with E-state index in [2.05, 4.69) is 5.32 Å². The van der Waals surface area contributed by atoms with Crippen LogP contribution in [0.1, 0.15) is 40.9 Å². The van der Waals surface area contributed by atoms with Crippen LogP contribution >= 0.6 is 0 Å². The van der Waals surface area contributed by atoms with Gasteiger partial charge in [0, 0.05) is 7.05 Å². The van der Waals surface area contributed by atoms with Crippen LogP contribution in [0.4, 0.5) is 5.69 Å². The summed E-state index contributed by atoms with van der Waals surface area (Å²) in [5, 5.41) is 3.04. The van der Waals surface area contributed by atoms with Crippen molar-refractivity contribution in [3.05, 3.63) is 95.6 Å². The molecule has 0 spiro atoms. The van der Waals surface area contributed by atoms with E-state index >= 15 is 0 Å². The van der Waals surface area contributed by atoms with Crippen LogP contribution < -0.4 is 9.62 Å². The highest BCUT2D eigenvalue weighted by Gasteiger charge is 2.25. The van der Waals surface area contributed by atoms with Crippen molar-refractivity contribution in [3.63, 3.8) is 0 Å². The summed E-state index contributed by atoms with van der Waals surface area (Å²) in [6.07, 6.45) is 0.717. The SMILES string of the molecule is CC[C@H](NC(=O)c1ccccc1N(C)S(=O)(=O)c1ccccc1)c1ccc(C)cc1. The van der Waals surface area contributed by atoms with E-state index in [0.29, 0.717) is 11.3 Å². The summed E-state index contributed by atoms with van der Waals surface area (Å²) in [6, 6.07) is 22.8. The lowest BCUT2D eigenvalue weighted by Crippen LogP contribution is -2.32. The van der Waals surface area contributed by atoms with Crippen LogP contribution in [0.3, 0.4) is 0 Å². The van der Waals surface area contributed by atoms with Crippen LogP contribution in [0, 0.1) is 6.92 Å². The molecule has 0 aromatic heterocycles. The third-order valence-corrected chi connectivity index (χ3v) is 6.87. The van der Waals surface area contributed by atoms with Crippen LogP contribution in [0.15, 0.2) is 83.8 Å². The first-order valence-electron chi connectivity index (χ1n) is 9.85. The highest BCUT2D eigenvalue weighted by molar-refractivity contribution is 7.92. The molecular formula is C24H26N2O3S. The lowest BCUT2D eigenvalue weighted by Gasteiger charge is -2.23. The first-order valence-corrected chi connectivity index (χ1v) is 11.3. The van der Waals surface area contributed by atoms with Gasteiger partial charge in [-0.25, -0.2) is 8.42 Å². The Balaban J connectivity index is 1.90. The van der Waals surface area contributed by atoms with Gasteiger partial charge in [-0.1, -0.05) is 67.1 Å². The first-order chi connectivity index (χ1) is 14.3. The van der Waals surface area contributed by atoms with Gasteiger partial charge < -0.3 is 5.32 Å². The Labute approximate surface area is 178 Å². The number of para-hydroxylation sites is 1. The predicted molar refractivity (Wildman–Crippen MR) is 120 cm³/mol. The van der Waals surface area contributed by atoms with Gasteiger partial charge in [-0.3, -0.25) is 9.10 Å². The van der Waals surface area contributed by atoms with E-state index in [9.17, 15) is 13.2 Å². The van der Waals surface area contributed by atoms with Crippen molar-refractivity contribution in [1.82, 2.24) is 5.32 Å². The largest absolute Gasteiger partial charge is 0.345 e. The number of rotatable bonds is 7. The van der Waals surface area contributed by atoms with Gasteiger partial charge >= 0.3 is 0 Å². The number of hydrogen-bond donors (Lipinski definition) is 1. The molecule has 0 radical (unpaired) electrons. The average Bonchev–Trinajstić information content (AvgIpc) is 2.78. The van der Waals surface area contributed by atoms with Crippen LogP contribution in [-0.4, -0.2) is 21.4 Å². The molecule has 0 saturated heterocycles. The average molecular weight is 423 g/mol. The Hall–Kier alpha value is -3.12. The standard InChI is InChI=1S/C24H26N2O3S/c1-4-22(19-16-14-18(2)15-17-19)25-24(27)21-12-8-9-13-23(21)26(3)30(28,29)20-10-6-5-7-11-20/h5-17,22H,4H2,1-3H3,(H,25,27)/t22-/m0/s1. The molecular weight excluding hydrogens is 396 g/mol. The molecule has 0 bridgehead atoms. The maximum atomic E-state index is 13.1. The summed E-state index contributed by atoms with van der Waals surface area (Å²) in [5.74, 6) is -0.312. The molecule has 0 aliphatic heterocycles. The molecule has 3 aromatic carbocycles. The Morgan fingerprint density at radius 2 is 1.53 bits per heavy atom. The minimum atomic E-state index is -3.79. The number of aryl methyl sites for hydroxylation is 1. The summed E-state index contributed by atoms with van der Waals surface area (Å²) < 4.78 is 27.2. The van der Waals surface area contributed by atoms with Crippen LogP contribution in [-0.2, 0) is 10.0 Å². The fourth-order valence-electron chi connectivity index (χ4n) is 3.28. The molecule has 156 valence electrons. The Bertz CT molecular complexity index is 1110. The van der Waals surface area contributed by atoms with Gasteiger partial charge in [0.2, 0.25) is 0 Å². The van der Waals surface area contributed by atoms with Crippen molar-refractivity contribution >= 4 is 21.6 Å². The highest BCUT2D eigenvalue weighted by atomic mass is 32.2. The smallest absolute Gasteiger partial charge is 0.264 e. The fourth-order valence-corrected chi connectivity index (χ4v) is 4.51. The molecule has 6 heteroatoms. The Kier molecular flexibility index (Phi) is 6.57. The second-order valence-electron chi connectivity index (χ2n) is 7.15. The van der Waals surface area contributed by atoms with Crippen molar-refractivity contribution < 1.29 is 13.2 Å². The summed E-state index contributed by atoms with van der Waals surface area (Å²) >= 11 is 0. The van der Waals surface area contributed by atoms with E-state index in [1.807, 2.05) is 38.1 Å². The van der Waals surface area contributed by atoms with E-state index in [0.717, 1.165) is 21.9 Å². The topological polar surface area (TPSA) is 66.5 Å². The molecule has 0 saturated carbocycles. The summed E-state index contributed by atoms with van der Waals surface area (Å²) in [7, 11) is -2.32. The molecule has 0 fully saturated rings. The third-order valence-electron chi connectivity index (χ3n) is 5.08. The van der Waals surface area contributed by atoms with Crippen molar-refractivity contribution in [2.75, 3.05) is 11.4 Å². The van der Waals surface area contributed by atoms with Crippen LogP contribution in [0.25, 0.3) is 0 Å². The zero-order chi connectivity index (χ0) is 21.7. The van der Waals surface area contributed by atoms with Gasteiger partial charge in [0.25, 0.3) is 15.9 Å². The minimum absolute atomic E-state index is 0.165. The molecule has 5 nitrogen and oxygen atoms in total. The Morgan fingerprint density at radius 1 is 0.933 bits per heavy atom. The minimum Gasteiger partial charge on any atom is -0.345 e. The molecule has 30 heavy (non-hydrogen) atoms. The molecule has 1 amide bonds. The molecule has 3 rings (SSSR count). The number of nitrogens with zero attached hydrogens (tertiary/aromatic N) is 1. The summed E-state index contributed by atoms with van der Waals surface area (Å²) in [5.41, 5.74) is 2.81. The zero-order valence-electron chi connectivity index (χ0n) is 17.4. The number of hydrogen-bond acceptors (Lipinski definition) is 3. The third kappa shape index (κ3) is 4.54. The summed E-state index contributed by atoms with van der Waals surface area (Å²) in [6.45, 7) is 4.02. The molecule has 0 aliphatic rings. The molecule has 1 atom stereocenters. The summed E-state index contributed by atoms with van der Waals surface area (Å²) in [4.78, 5) is 13.3. The molecule has 1 N–H and O–H groups in total. The number of nitrogens with one attached hydrogen (secondary N) is 1.